The molecule has 1 aromatic carbocycles. The molecule has 0 saturated carbocycles. The van der Waals surface area contributed by atoms with Crippen LogP contribution in [0.25, 0.3) is 0 Å². The van der Waals surface area contributed by atoms with E-state index in [1.54, 1.807) is 0 Å². The Morgan fingerprint density at radius 1 is 1.16 bits per heavy atom. The summed E-state index contributed by atoms with van der Waals surface area (Å²) >= 11 is 0. The summed E-state index contributed by atoms with van der Waals surface area (Å²) in [5.41, 5.74) is 2.49. The first-order valence-corrected chi connectivity index (χ1v) is 6.97. The Morgan fingerprint density at radius 2 is 1.95 bits per heavy atom. The highest BCUT2D eigenvalue weighted by Crippen LogP contribution is 2.19. The highest BCUT2D eigenvalue weighted by Gasteiger charge is 2.08. The van der Waals surface area contributed by atoms with Gasteiger partial charge in [-0.2, -0.15) is 5.10 Å². The van der Waals surface area contributed by atoms with Gasteiger partial charge >= 0.3 is 0 Å². The monoisotopic (exact) mass is 257 g/mol. The molecule has 1 atom stereocenters. The first-order valence-electron chi connectivity index (χ1n) is 6.97. The third kappa shape index (κ3) is 4.12. The highest BCUT2D eigenvalue weighted by molar-refractivity contribution is 5.51. The summed E-state index contributed by atoms with van der Waals surface area (Å²) in [4.78, 5) is 0. The van der Waals surface area contributed by atoms with E-state index in [2.05, 4.69) is 55.5 Å². The molecule has 1 N–H and O–H groups in total. The van der Waals surface area contributed by atoms with Crippen molar-refractivity contribution in [3.8, 4) is 0 Å². The number of aromatic nitrogens is 2. The van der Waals surface area contributed by atoms with Crippen LogP contribution < -0.4 is 5.32 Å². The Balaban J connectivity index is 2.07. The van der Waals surface area contributed by atoms with Gasteiger partial charge in [-0.15, -0.1) is 0 Å². The molecule has 1 unspecified atom stereocenters. The quantitative estimate of drug-likeness (QED) is 0.853. The number of para-hydroxylation sites is 1. The molecular formula is C16H23N3. The minimum absolute atomic E-state index is 0.485. The van der Waals surface area contributed by atoms with E-state index in [1.807, 2.05) is 23.1 Å². The van der Waals surface area contributed by atoms with Crippen LogP contribution in [0.1, 0.15) is 32.8 Å². The minimum atomic E-state index is 0.485. The molecule has 1 heterocycles. The van der Waals surface area contributed by atoms with Crippen molar-refractivity contribution < 1.29 is 0 Å². The fourth-order valence-electron chi connectivity index (χ4n) is 2.40. The third-order valence-corrected chi connectivity index (χ3v) is 3.14. The van der Waals surface area contributed by atoms with Gasteiger partial charge in [-0.1, -0.05) is 32.0 Å². The predicted octanol–water partition coefficient (Wildman–Crippen LogP) is 3.78. The van der Waals surface area contributed by atoms with Gasteiger partial charge in [0.15, 0.2) is 0 Å². The van der Waals surface area contributed by atoms with Crippen LogP contribution in [0.4, 0.5) is 5.69 Å². The van der Waals surface area contributed by atoms with E-state index in [9.17, 15) is 0 Å². The second-order valence-corrected chi connectivity index (χ2v) is 5.54. The summed E-state index contributed by atoms with van der Waals surface area (Å²) in [5.74, 6) is 0.709. The Kier molecular flexibility index (Phi) is 4.61. The maximum Gasteiger partial charge on any atom is 0.0679 e. The molecule has 0 radical (unpaired) electrons. The van der Waals surface area contributed by atoms with E-state index in [-0.39, 0.29) is 0 Å². The molecule has 1 aromatic heterocycles. The summed E-state index contributed by atoms with van der Waals surface area (Å²) in [5, 5.41) is 7.88. The molecule has 2 aromatic rings. The van der Waals surface area contributed by atoms with Crippen LogP contribution in [0.5, 0.6) is 0 Å². The zero-order valence-corrected chi connectivity index (χ0v) is 12.0. The predicted molar refractivity (Wildman–Crippen MR) is 80.3 cm³/mol. The second-order valence-electron chi connectivity index (χ2n) is 5.54. The maximum absolute atomic E-state index is 4.27. The van der Waals surface area contributed by atoms with E-state index < -0.39 is 0 Å². The van der Waals surface area contributed by atoms with E-state index >= 15 is 0 Å². The van der Waals surface area contributed by atoms with Crippen molar-refractivity contribution in [2.24, 2.45) is 5.92 Å². The summed E-state index contributed by atoms with van der Waals surface area (Å²) in [6, 6.07) is 10.9. The topological polar surface area (TPSA) is 29.9 Å². The number of hydrogen-bond donors (Lipinski definition) is 1. The molecule has 0 fully saturated rings. The van der Waals surface area contributed by atoms with E-state index in [4.69, 9.17) is 0 Å². The van der Waals surface area contributed by atoms with Crippen LogP contribution in [-0.2, 0) is 6.54 Å². The summed E-state index contributed by atoms with van der Waals surface area (Å²) in [7, 11) is 0. The fraction of sp³-hybridized carbons (Fsp3) is 0.438. The number of nitrogens with zero attached hydrogens (tertiary/aromatic N) is 2. The third-order valence-electron chi connectivity index (χ3n) is 3.14. The summed E-state index contributed by atoms with van der Waals surface area (Å²) in [6.07, 6.45) is 4.99. The minimum Gasteiger partial charge on any atom is -0.382 e. The zero-order valence-electron chi connectivity index (χ0n) is 12.0. The van der Waals surface area contributed by atoms with Crippen LogP contribution >= 0.6 is 0 Å². The van der Waals surface area contributed by atoms with Crippen molar-refractivity contribution in [2.45, 2.75) is 39.8 Å². The number of nitrogens with one attached hydrogen (secondary N) is 1. The molecule has 3 nitrogen and oxygen atoms in total. The number of anilines is 1. The first-order chi connectivity index (χ1) is 9.15. The molecule has 0 aliphatic carbocycles. The van der Waals surface area contributed by atoms with Crippen molar-refractivity contribution in [3.05, 3.63) is 48.3 Å². The van der Waals surface area contributed by atoms with Gasteiger partial charge in [-0.05, 0) is 37.0 Å². The largest absolute Gasteiger partial charge is 0.382 e. The normalized spacial score (nSPS) is 12.6. The van der Waals surface area contributed by atoms with Crippen molar-refractivity contribution >= 4 is 5.69 Å². The lowest BCUT2D eigenvalue weighted by atomic mass is 10.0. The van der Waals surface area contributed by atoms with Gasteiger partial charge in [-0.25, -0.2) is 0 Å². The van der Waals surface area contributed by atoms with Crippen LogP contribution in [0.2, 0.25) is 0 Å². The number of benzene rings is 1. The van der Waals surface area contributed by atoms with Crippen LogP contribution in [0.15, 0.2) is 42.7 Å². The molecule has 0 saturated heterocycles. The van der Waals surface area contributed by atoms with Gasteiger partial charge in [-0.3, -0.25) is 4.68 Å². The first kappa shape index (κ1) is 13.7. The van der Waals surface area contributed by atoms with Gasteiger partial charge in [0.1, 0.15) is 0 Å². The highest BCUT2D eigenvalue weighted by atomic mass is 15.3. The van der Waals surface area contributed by atoms with Gasteiger partial charge in [0.25, 0.3) is 0 Å². The van der Waals surface area contributed by atoms with Crippen molar-refractivity contribution in [3.63, 3.8) is 0 Å². The van der Waals surface area contributed by atoms with Crippen LogP contribution in [0, 0.1) is 5.92 Å². The maximum atomic E-state index is 4.27. The molecule has 0 bridgehead atoms. The van der Waals surface area contributed by atoms with E-state index in [1.165, 1.54) is 17.7 Å². The lowest BCUT2D eigenvalue weighted by molar-refractivity contribution is 0.539. The molecule has 102 valence electrons. The smallest absolute Gasteiger partial charge is 0.0679 e. The van der Waals surface area contributed by atoms with E-state index in [0.29, 0.717) is 12.0 Å². The summed E-state index contributed by atoms with van der Waals surface area (Å²) in [6.45, 7) is 7.57. The molecule has 2 rings (SSSR count). The molecule has 0 amide bonds. The van der Waals surface area contributed by atoms with E-state index in [0.717, 1.165) is 6.54 Å². The molecule has 19 heavy (non-hydrogen) atoms. The lowest BCUT2D eigenvalue weighted by Gasteiger charge is -2.19. The van der Waals surface area contributed by atoms with Crippen molar-refractivity contribution in [2.75, 3.05) is 5.32 Å². The number of rotatable bonds is 6. The molecule has 0 aliphatic rings. The zero-order chi connectivity index (χ0) is 13.7. The van der Waals surface area contributed by atoms with Crippen LogP contribution in [-0.4, -0.2) is 15.8 Å². The Morgan fingerprint density at radius 3 is 2.63 bits per heavy atom. The average Bonchev–Trinajstić information content (AvgIpc) is 2.83. The molecule has 0 aliphatic heterocycles. The number of hydrogen-bond acceptors (Lipinski definition) is 2. The molecule has 3 heteroatoms. The van der Waals surface area contributed by atoms with Gasteiger partial charge in [0, 0.05) is 24.1 Å². The Labute approximate surface area is 115 Å². The Bertz CT molecular complexity index is 488. The standard InChI is InChI=1S/C16H23N3/c1-13(2)11-14(3)18-16-8-5-4-7-15(16)12-19-10-6-9-17-19/h4-10,13-14,18H,11-12H2,1-3H3. The summed E-state index contributed by atoms with van der Waals surface area (Å²) < 4.78 is 1.95. The van der Waals surface area contributed by atoms with Gasteiger partial charge in [0.2, 0.25) is 0 Å². The SMILES string of the molecule is CC(C)CC(C)Nc1ccccc1Cn1cccn1. The second kappa shape index (κ2) is 6.41. The fourth-order valence-corrected chi connectivity index (χ4v) is 2.40. The van der Waals surface area contributed by atoms with Gasteiger partial charge in [0.05, 0.1) is 6.54 Å². The lowest BCUT2D eigenvalue weighted by Crippen LogP contribution is -2.18. The van der Waals surface area contributed by atoms with Gasteiger partial charge < -0.3 is 5.32 Å². The van der Waals surface area contributed by atoms with Crippen molar-refractivity contribution in [1.82, 2.24) is 9.78 Å². The average molecular weight is 257 g/mol. The van der Waals surface area contributed by atoms with Crippen LogP contribution in [0.3, 0.4) is 0 Å². The molecule has 0 spiro atoms. The van der Waals surface area contributed by atoms with Crippen molar-refractivity contribution in [1.29, 1.82) is 0 Å². The Hall–Kier alpha value is -1.77. The molecular weight excluding hydrogens is 234 g/mol.